The third-order valence-corrected chi connectivity index (χ3v) is 4.20. The van der Waals surface area contributed by atoms with Crippen LogP contribution in [0, 0.1) is 5.41 Å². The summed E-state index contributed by atoms with van der Waals surface area (Å²) >= 11 is 0. The van der Waals surface area contributed by atoms with Crippen LogP contribution < -0.4 is 5.32 Å². The molecule has 2 heterocycles. The first-order valence-corrected chi connectivity index (χ1v) is 7.52. The Morgan fingerprint density at radius 3 is 2.80 bits per heavy atom. The number of hydrogen-bond acceptors (Lipinski definition) is 4. The first kappa shape index (κ1) is 15.4. The van der Waals surface area contributed by atoms with E-state index in [-0.39, 0.29) is 0 Å². The highest BCUT2D eigenvalue weighted by molar-refractivity contribution is 5.03. The smallest absolute Gasteiger partial charge is 0.0531 e. The summed E-state index contributed by atoms with van der Waals surface area (Å²) in [6.45, 7) is 5.24. The highest BCUT2D eigenvalue weighted by Crippen LogP contribution is 2.29. The van der Waals surface area contributed by atoms with Crippen LogP contribution in [0.5, 0.6) is 0 Å². The molecule has 0 radical (unpaired) electrons. The minimum Gasteiger partial charge on any atom is -0.384 e. The van der Waals surface area contributed by atoms with Crippen LogP contribution >= 0.6 is 0 Å². The van der Waals surface area contributed by atoms with Gasteiger partial charge >= 0.3 is 0 Å². The number of piperidine rings is 1. The van der Waals surface area contributed by atoms with Gasteiger partial charge in [-0.1, -0.05) is 6.07 Å². The summed E-state index contributed by atoms with van der Waals surface area (Å²) in [7, 11) is 4.03. The molecule has 1 aliphatic heterocycles. The predicted molar refractivity (Wildman–Crippen MR) is 81.9 cm³/mol. The summed E-state index contributed by atoms with van der Waals surface area (Å²) in [4.78, 5) is 6.82. The van der Waals surface area contributed by atoms with Gasteiger partial charge in [-0.15, -0.1) is 0 Å². The number of hydrogen-bond donors (Lipinski definition) is 1. The molecule has 1 saturated heterocycles. The van der Waals surface area contributed by atoms with Crippen molar-refractivity contribution in [3.8, 4) is 0 Å². The van der Waals surface area contributed by atoms with Gasteiger partial charge in [-0.05, 0) is 45.1 Å². The van der Waals surface area contributed by atoms with Crippen LogP contribution in [-0.2, 0) is 11.2 Å². The van der Waals surface area contributed by atoms with Gasteiger partial charge in [0.15, 0.2) is 0 Å². The van der Waals surface area contributed by atoms with E-state index in [1.54, 1.807) is 0 Å². The maximum absolute atomic E-state index is 5.48. The van der Waals surface area contributed by atoms with Crippen LogP contribution in [0.2, 0.25) is 0 Å². The zero-order valence-electron chi connectivity index (χ0n) is 12.8. The third-order valence-electron chi connectivity index (χ3n) is 4.20. The van der Waals surface area contributed by atoms with Gasteiger partial charge in [-0.25, -0.2) is 0 Å². The Hall–Kier alpha value is -0.970. The molecular formula is C16H27N3O. The molecule has 1 aromatic rings. The molecule has 0 spiro atoms. The molecule has 1 aliphatic rings. The molecule has 0 amide bonds. The molecule has 4 heteroatoms. The van der Waals surface area contributed by atoms with E-state index in [1.165, 1.54) is 18.5 Å². The zero-order chi connectivity index (χ0) is 14.3. The lowest BCUT2D eigenvalue weighted by molar-refractivity contribution is 0.0287. The van der Waals surface area contributed by atoms with E-state index in [4.69, 9.17) is 4.74 Å². The number of methoxy groups -OCH3 is 1. The van der Waals surface area contributed by atoms with Crippen molar-refractivity contribution in [1.82, 2.24) is 15.2 Å². The normalized spacial score (nSPS) is 18.4. The Bertz CT molecular complexity index is 371. The van der Waals surface area contributed by atoms with Crippen LogP contribution in [0.3, 0.4) is 0 Å². The molecule has 0 saturated carbocycles. The second-order valence-electron chi connectivity index (χ2n) is 5.99. The molecule has 0 aromatic carbocycles. The molecule has 112 valence electrons. The second-order valence-corrected chi connectivity index (χ2v) is 5.99. The van der Waals surface area contributed by atoms with Crippen molar-refractivity contribution in [2.75, 3.05) is 46.9 Å². The van der Waals surface area contributed by atoms with Crippen LogP contribution in [0.1, 0.15) is 18.5 Å². The van der Waals surface area contributed by atoms with E-state index in [1.807, 2.05) is 19.4 Å². The first-order chi connectivity index (χ1) is 9.74. The number of nitrogens with one attached hydrogen (secondary N) is 1. The monoisotopic (exact) mass is 277 g/mol. The van der Waals surface area contributed by atoms with Gasteiger partial charge in [-0.2, -0.15) is 0 Å². The van der Waals surface area contributed by atoms with Gasteiger partial charge in [0.25, 0.3) is 0 Å². The summed E-state index contributed by atoms with van der Waals surface area (Å²) < 4.78 is 5.48. The number of likely N-dealkylation sites (N-methyl/N-ethyl adjacent to an activating group) is 1. The zero-order valence-corrected chi connectivity index (χ0v) is 12.8. The first-order valence-electron chi connectivity index (χ1n) is 7.52. The molecule has 0 atom stereocenters. The Kier molecular flexibility index (Phi) is 5.95. The van der Waals surface area contributed by atoms with E-state index >= 15 is 0 Å². The Labute approximate surface area is 122 Å². The largest absolute Gasteiger partial charge is 0.384 e. The van der Waals surface area contributed by atoms with Crippen molar-refractivity contribution in [3.63, 3.8) is 0 Å². The molecule has 2 rings (SSSR count). The number of rotatable bonds is 7. The van der Waals surface area contributed by atoms with Crippen molar-refractivity contribution < 1.29 is 4.74 Å². The molecule has 0 unspecified atom stereocenters. The van der Waals surface area contributed by atoms with Crippen molar-refractivity contribution in [3.05, 3.63) is 30.1 Å². The minimum absolute atomic E-state index is 0.318. The number of aromatic nitrogens is 1. The Balaban J connectivity index is 1.83. The Morgan fingerprint density at radius 2 is 2.15 bits per heavy atom. The standard InChI is InChI=1S/C16H27N3O/c1-19(12-6-15-5-3-4-9-18-15)13-16(14-20-2)7-10-17-11-8-16/h3-5,9,17H,6-8,10-14H2,1-2H3. The van der Waals surface area contributed by atoms with E-state index in [0.717, 1.165) is 39.2 Å². The molecular weight excluding hydrogens is 250 g/mol. The number of pyridine rings is 1. The maximum Gasteiger partial charge on any atom is 0.0531 e. The molecule has 0 bridgehead atoms. The molecule has 1 N–H and O–H groups in total. The van der Waals surface area contributed by atoms with Crippen LogP contribution in [-0.4, -0.2) is 56.8 Å². The van der Waals surface area contributed by atoms with Gasteiger partial charge in [0.1, 0.15) is 0 Å². The average Bonchev–Trinajstić information content (AvgIpc) is 2.47. The van der Waals surface area contributed by atoms with Crippen LogP contribution in [0.15, 0.2) is 24.4 Å². The fourth-order valence-corrected chi connectivity index (χ4v) is 3.11. The summed E-state index contributed by atoms with van der Waals surface area (Å²) in [5.41, 5.74) is 1.49. The lowest BCUT2D eigenvalue weighted by Gasteiger charge is -2.40. The van der Waals surface area contributed by atoms with Gasteiger partial charge in [0.05, 0.1) is 6.61 Å². The van der Waals surface area contributed by atoms with E-state index in [0.29, 0.717) is 5.41 Å². The van der Waals surface area contributed by atoms with Crippen molar-refractivity contribution in [1.29, 1.82) is 0 Å². The van der Waals surface area contributed by atoms with Crippen LogP contribution in [0.25, 0.3) is 0 Å². The molecule has 20 heavy (non-hydrogen) atoms. The highest BCUT2D eigenvalue weighted by atomic mass is 16.5. The van der Waals surface area contributed by atoms with Gasteiger partial charge < -0.3 is 15.0 Å². The third kappa shape index (κ3) is 4.54. The van der Waals surface area contributed by atoms with E-state index in [9.17, 15) is 0 Å². The van der Waals surface area contributed by atoms with E-state index < -0.39 is 0 Å². The molecule has 4 nitrogen and oxygen atoms in total. The summed E-state index contributed by atoms with van der Waals surface area (Å²) in [5, 5.41) is 3.44. The van der Waals surface area contributed by atoms with Crippen molar-refractivity contribution in [2.45, 2.75) is 19.3 Å². The maximum atomic E-state index is 5.48. The average molecular weight is 277 g/mol. The summed E-state index contributed by atoms with van der Waals surface area (Å²) in [5.74, 6) is 0. The topological polar surface area (TPSA) is 37.4 Å². The van der Waals surface area contributed by atoms with Gasteiger partial charge in [0, 0.05) is 43.9 Å². The SMILES string of the molecule is COCC1(CN(C)CCc2ccccn2)CCNCC1. The lowest BCUT2D eigenvalue weighted by atomic mass is 9.79. The molecule has 0 aliphatic carbocycles. The fourth-order valence-electron chi connectivity index (χ4n) is 3.11. The summed E-state index contributed by atoms with van der Waals surface area (Å²) in [6.07, 6.45) is 5.29. The summed E-state index contributed by atoms with van der Waals surface area (Å²) in [6, 6.07) is 6.13. The highest BCUT2D eigenvalue weighted by Gasteiger charge is 2.33. The second kappa shape index (κ2) is 7.72. The Morgan fingerprint density at radius 1 is 1.35 bits per heavy atom. The van der Waals surface area contributed by atoms with Crippen molar-refractivity contribution in [2.24, 2.45) is 5.41 Å². The predicted octanol–water partition coefficient (Wildman–Crippen LogP) is 1.57. The number of nitrogens with zero attached hydrogens (tertiary/aromatic N) is 2. The fraction of sp³-hybridized carbons (Fsp3) is 0.688. The van der Waals surface area contributed by atoms with Gasteiger partial charge in [0.2, 0.25) is 0 Å². The molecule has 1 fully saturated rings. The minimum atomic E-state index is 0.318. The quantitative estimate of drug-likeness (QED) is 0.821. The lowest BCUT2D eigenvalue weighted by Crippen LogP contribution is -2.46. The van der Waals surface area contributed by atoms with Crippen LogP contribution in [0.4, 0.5) is 0 Å². The number of ether oxygens (including phenoxy) is 1. The van der Waals surface area contributed by atoms with Gasteiger partial charge in [-0.3, -0.25) is 4.98 Å². The molecule has 1 aromatic heterocycles. The van der Waals surface area contributed by atoms with E-state index in [2.05, 4.69) is 34.4 Å². The van der Waals surface area contributed by atoms with Crippen molar-refractivity contribution >= 4 is 0 Å².